The van der Waals surface area contributed by atoms with Crippen molar-refractivity contribution < 1.29 is 9.21 Å². The summed E-state index contributed by atoms with van der Waals surface area (Å²) in [7, 11) is 0. The number of urea groups is 1. The number of carbonyl (C=O) groups excluding carboxylic acids is 1. The largest absolute Gasteiger partial charge is 0.460 e. The van der Waals surface area contributed by atoms with Crippen LogP contribution in [-0.2, 0) is 6.54 Å². The third kappa shape index (κ3) is 3.93. The van der Waals surface area contributed by atoms with Gasteiger partial charge < -0.3 is 14.6 Å². The van der Waals surface area contributed by atoms with Crippen molar-refractivity contribution in [2.45, 2.75) is 13.5 Å². The SMILES string of the molecule is CCNC(=O)N1CCN(Cc2ccc(-c3ccccc3)o2)CC1. The van der Waals surface area contributed by atoms with Crippen LogP contribution in [0.1, 0.15) is 12.7 Å². The van der Waals surface area contributed by atoms with E-state index in [9.17, 15) is 4.79 Å². The molecular formula is C18H23N3O2. The molecule has 1 aliphatic heterocycles. The summed E-state index contributed by atoms with van der Waals surface area (Å²) in [6, 6.07) is 14.2. The second-order valence-corrected chi connectivity index (χ2v) is 5.73. The molecule has 2 amide bonds. The summed E-state index contributed by atoms with van der Waals surface area (Å²) in [5, 5.41) is 2.85. The van der Waals surface area contributed by atoms with Crippen LogP contribution in [0.15, 0.2) is 46.9 Å². The number of hydrogen-bond donors (Lipinski definition) is 1. The van der Waals surface area contributed by atoms with E-state index in [0.717, 1.165) is 49.8 Å². The third-order valence-electron chi connectivity index (χ3n) is 4.09. The number of amides is 2. The molecule has 23 heavy (non-hydrogen) atoms. The first-order chi connectivity index (χ1) is 11.3. The lowest BCUT2D eigenvalue weighted by Gasteiger charge is -2.34. The minimum atomic E-state index is 0.0384. The molecule has 0 aliphatic carbocycles. The van der Waals surface area contributed by atoms with Gasteiger partial charge in [-0.3, -0.25) is 4.90 Å². The molecule has 3 rings (SSSR count). The number of nitrogens with zero attached hydrogens (tertiary/aromatic N) is 2. The Bertz CT molecular complexity index is 631. The number of piperazine rings is 1. The number of benzene rings is 1. The summed E-state index contributed by atoms with van der Waals surface area (Å²) in [4.78, 5) is 16.0. The van der Waals surface area contributed by atoms with Crippen LogP contribution in [0.5, 0.6) is 0 Å². The maximum Gasteiger partial charge on any atom is 0.317 e. The quantitative estimate of drug-likeness (QED) is 0.944. The molecule has 5 heteroatoms. The molecule has 1 aromatic carbocycles. The first-order valence-electron chi connectivity index (χ1n) is 8.15. The first kappa shape index (κ1) is 15.6. The monoisotopic (exact) mass is 313 g/mol. The molecule has 1 fully saturated rings. The maximum atomic E-state index is 11.8. The fraction of sp³-hybridized carbons (Fsp3) is 0.389. The molecule has 0 radical (unpaired) electrons. The maximum absolute atomic E-state index is 11.8. The van der Waals surface area contributed by atoms with Crippen molar-refractivity contribution in [3.05, 3.63) is 48.2 Å². The standard InChI is InChI=1S/C18H23N3O2/c1-2-19-18(22)21-12-10-20(11-13-21)14-16-8-9-17(23-16)15-6-4-3-5-7-15/h3-9H,2,10-14H2,1H3,(H,19,22). The van der Waals surface area contributed by atoms with Gasteiger partial charge in [-0.05, 0) is 19.1 Å². The van der Waals surface area contributed by atoms with E-state index in [0.29, 0.717) is 6.54 Å². The van der Waals surface area contributed by atoms with Crippen molar-refractivity contribution in [2.75, 3.05) is 32.7 Å². The van der Waals surface area contributed by atoms with Gasteiger partial charge in [-0.1, -0.05) is 30.3 Å². The first-order valence-corrected chi connectivity index (χ1v) is 8.15. The van der Waals surface area contributed by atoms with E-state index in [4.69, 9.17) is 4.42 Å². The average molecular weight is 313 g/mol. The molecule has 5 nitrogen and oxygen atoms in total. The van der Waals surface area contributed by atoms with Crippen LogP contribution in [-0.4, -0.2) is 48.6 Å². The lowest BCUT2D eigenvalue weighted by atomic mass is 10.2. The van der Waals surface area contributed by atoms with Gasteiger partial charge in [0.05, 0.1) is 6.54 Å². The van der Waals surface area contributed by atoms with Crippen LogP contribution in [0, 0.1) is 0 Å². The molecule has 0 saturated carbocycles. The molecule has 0 spiro atoms. The molecule has 1 saturated heterocycles. The Morgan fingerprint density at radius 3 is 2.52 bits per heavy atom. The van der Waals surface area contributed by atoms with E-state index in [2.05, 4.69) is 10.2 Å². The molecular weight excluding hydrogens is 290 g/mol. The van der Waals surface area contributed by atoms with Gasteiger partial charge in [0.1, 0.15) is 11.5 Å². The molecule has 2 heterocycles. The summed E-state index contributed by atoms with van der Waals surface area (Å²) < 4.78 is 5.95. The Kier molecular flexibility index (Phi) is 4.98. The van der Waals surface area contributed by atoms with Gasteiger partial charge in [0.25, 0.3) is 0 Å². The van der Waals surface area contributed by atoms with Gasteiger partial charge in [-0.15, -0.1) is 0 Å². The molecule has 122 valence electrons. The van der Waals surface area contributed by atoms with E-state index in [-0.39, 0.29) is 6.03 Å². The number of furan rings is 1. The highest BCUT2D eigenvalue weighted by Crippen LogP contribution is 2.22. The van der Waals surface area contributed by atoms with Crippen molar-refractivity contribution in [3.8, 4) is 11.3 Å². The number of nitrogens with one attached hydrogen (secondary N) is 1. The summed E-state index contributed by atoms with van der Waals surface area (Å²) in [6.45, 7) is 6.67. The number of rotatable bonds is 4. The van der Waals surface area contributed by atoms with Crippen molar-refractivity contribution in [1.29, 1.82) is 0 Å². The summed E-state index contributed by atoms with van der Waals surface area (Å²) in [5.41, 5.74) is 1.10. The van der Waals surface area contributed by atoms with Gasteiger partial charge in [0.2, 0.25) is 0 Å². The van der Waals surface area contributed by atoms with E-state index in [1.54, 1.807) is 0 Å². The molecule has 1 N–H and O–H groups in total. The summed E-state index contributed by atoms with van der Waals surface area (Å²) in [5.74, 6) is 1.87. The van der Waals surface area contributed by atoms with Crippen molar-refractivity contribution in [3.63, 3.8) is 0 Å². The molecule has 1 aromatic heterocycles. The Hall–Kier alpha value is -2.27. The Morgan fingerprint density at radius 2 is 1.83 bits per heavy atom. The highest BCUT2D eigenvalue weighted by atomic mass is 16.3. The fourth-order valence-corrected chi connectivity index (χ4v) is 2.81. The van der Waals surface area contributed by atoms with Gasteiger partial charge in [0.15, 0.2) is 0 Å². The molecule has 0 atom stereocenters. The molecule has 1 aliphatic rings. The highest BCUT2D eigenvalue weighted by Gasteiger charge is 2.21. The van der Waals surface area contributed by atoms with E-state index < -0.39 is 0 Å². The zero-order valence-electron chi connectivity index (χ0n) is 13.5. The van der Waals surface area contributed by atoms with Gasteiger partial charge in [0, 0.05) is 38.3 Å². The van der Waals surface area contributed by atoms with E-state index in [1.165, 1.54) is 0 Å². The lowest BCUT2D eigenvalue weighted by Crippen LogP contribution is -2.51. The van der Waals surface area contributed by atoms with Crippen molar-refractivity contribution >= 4 is 6.03 Å². The third-order valence-corrected chi connectivity index (χ3v) is 4.09. The summed E-state index contributed by atoms with van der Waals surface area (Å²) in [6.07, 6.45) is 0. The van der Waals surface area contributed by atoms with Crippen LogP contribution in [0.4, 0.5) is 4.79 Å². The van der Waals surface area contributed by atoms with E-state index in [1.807, 2.05) is 54.3 Å². The van der Waals surface area contributed by atoms with Gasteiger partial charge >= 0.3 is 6.03 Å². The topological polar surface area (TPSA) is 48.7 Å². The molecule has 2 aromatic rings. The normalized spacial score (nSPS) is 15.6. The Balaban J connectivity index is 1.53. The number of hydrogen-bond acceptors (Lipinski definition) is 3. The highest BCUT2D eigenvalue weighted by molar-refractivity contribution is 5.74. The minimum Gasteiger partial charge on any atom is -0.460 e. The Labute approximate surface area is 136 Å². The number of carbonyl (C=O) groups is 1. The fourth-order valence-electron chi connectivity index (χ4n) is 2.81. The lowest BCUT2D eigenvalue weighted by molar-refractivity contribution is 0.130. The van der Waals surface area contributed by atoms with Gasteiger partial charge in [-0.2, -0.15) is 0 Å². The van der Waals surface area contributed by atoms with Crippen LogP contribution in [0.3, 0.4) is 0 Å². The second kappa shape index (κ2) is 7.33. The molecule has 0 unspecified atom stereocenters. The summed E-state index contributed by atoms with van der Waals surface area (Å²) >= 11 is 0. The smallest absolute Gasteiger partial charge is 0.317 e. The van der Waals surface area contributed by atoms with E-state index >= 15 is 0 Å². The molecule has 0 bridgehead atoms. The minimum absolute atomic E-state index is 0.0384. The van der Waals surface area contributed by atoms with Crippen LogP contribution in [0.25, 0.3) is 11.3 Å². The van der Waals surface area contributed by atoms with Gasteiger partial charge in [-0.25, -0.2) is 4.79 Å². The van der Waals surface area contributed by atoms with Crippen molar-refractivity contribution in [1.82, 2.24) is 15.1 Å². The predicted molar refractivity (Wildman–Crippen MR) is 90.1 cm³/mol. The van der Waals surface area contributed by atoms with Crippen LogP contribution >= 0.6 is 0 Å². The van der Waals surface area contributed by atoms with Crippen molar-refractivity contribution in [2.24, 2.45) is 0 Å². The zero-order chi connectivity index (χ0) is 16.1. The van der Waals surface area contributed by atoms with Crippen LogP contribution < -0.4 is 5.32 Å². The zero-order valence-corrected chi connectivity index (χ0v) is 13.5. The average Bonchev–Trinajstić information content (AvgIpc) is 3.05. The second-order valence-electron chi connectivity index (χ2n) is 5.73. The Morgan fingerprint density at radius 1 is 1.09 bits per heavy atom. The predicted octanol–water partition coefficient (Wildman–Crippen LogP) is 2.79. The van der Waals surface area contributed by atoms with Crippen LogP contribution in [0.2, 0.25) is 0 Å².